The molecular weight excluding hydrogens is 234 g/mol. The van der Waals surface area contributed by atoms with Gasteiger partial charge in [0.2, 0.25) is 0 Å². The first kappa shape index (κ1) is 10.3. The van der Waals surface area contributed by atoms with Crippen LogP contribution in [0, 0.1) is 0 Å². The van der Waals surface area contributed by atoms with E-state index >= 15 is 0 Å². The molecule has 2 aromatic carbocycles. The molecule has 0 aliphatic carbocycles. The molecule has 0 saturated carbocycles. The van der Waals surface area contributed by atoms with E-state index in [9.17, 15) is 0 Å². The van der Waals surface area contributed by atoms with Crippen LogP contribution in [0.25, 0.3) is 27.7 Å². The van der Waals surface area contributed by atoms with E-state index in [2.05, 4.69) is 58.7 Å². The Morgan fingerprint density at radius 1 is 0.842 bits per heavy atom. The molecule has 2 aromatic heterocycles. The molecule has 0 spiro atoms. The number of para-hydroxylation sites is 1. The second-order valence-corrected chi connectivity index (χ2v) is 4.50. The van der Waals surface area contributed by atoms with Gasteiger partial charge >= 0.3 is 0 Å². The summed E-state index contributed by atoms with van der Waals surface area (Å²) < 4.78 is 2.02. The van der Waals surface area contributed by atoms with Crippen LogP contribution >= 0.6 is 0 Å². The predicted octanol–water partition coefficient (Wildman–Crippen LogP) is 3.55. The summed E-state index contributed by atoms with van der Waals surface area (Å²) in [5.41, 5.74) is 4.39. The summed E-state index contributed by atoms with van der Waals surface area (Å²) in [5, 5.41) is 9.38. The zero-order valence-corrected chi connectivity index (χ0v) is 10.2. The van der Waals surface area contributed by atoms with E-state index in [-0.39, 0.29) is 0 Å². The van der Waals surface area contributed by atoms with Crippen LogP contribution in [0.15, 0.2) is 67.0 Å². The lowest BCUT2D eigenvalue weighted by molar-refractivity contribution is 1.11. The number of benzene rings is 2. The Hall–Kier alpha value is -2.68. The lowest BCUT2D eigenvalue weighted by Crippen LogP contribution is -1.90. The summed E-state index contributed by atoms with van der Waals surface area (Å²) in [6.07, 6.45) is 1.76. The normalized spacial score (nSPS) is 11.2. The van der Waals surface area contributed by atoms with Gasteiger partial charge in [0.25, 0.3) is 0 Å². The van der Waals surface area contributed by atoms with Gasteiger partial charge in [-0.05, 0) is 23.3 Å². The van der Waals surface area contributed by atoms with E-state index in [1.54, 1.807) is 6.33 Å². The quantitative estimate of drug-likeness (QED) is 0.513. The first-order valence-electron chi connectivity index (χ1n) is 6.20. The highest BCUT2D eigenvalue weighted by atomic mass is 15.2. The minimum absolute atomic E-state index is 0.873. The van der Waals surface area contributed by atoms with Crippen molar-refractivity contribution in [2.45, 2.75) is 0 Å². The molecule has 0 bridgehead atoms. The summed E-state index contributed by atoms with van der Waals surface area (Å²) in [6.45, 7) is 0. The molecule has 2 heterocycles. The van der Waals surface area contributed by atoms with E-state index in [1.807, 2.05) is 16.5 Å². The fraction of sp³-hybridized carbons (Fsp3) is 0. The van der Waals surface area contributed by atoms with Crippen LogP contribution in [-0.2, 0) is 0 Å². The van der Waals surface area contributed by atoms with Gasteiger partial charge in [-0.2, -0.15) is 0 Å². The first-order valence-corrected chi connectivity index (χ1v) is 6.20. The lowest BCUT2D eigenvalue weighted by atomic mass is 10.0. The van der Waals surface area contributed by atoms with Gasteiger partial charge in [-0.3, -0.25) is 4.40 Å². The van der Waals surface area contributed by atoms with Crippen molar-refractivity contribution in [3.8, 4) is 11.1 Å². The van der Waals surface area contributed by atoms with Crippen molar-refractivity contribution in [2.75, 3.05) is 0 Å². The van der Waals surface area contributed by atoms with Crippen molar-refractivity contribution in [2.24, 2.45) is 0 Å². The van der Waals surface area contributed by atoms with Gasteiger partial charge in [-0.1, -0.05) is 48.5 Å². The molecule has 0 unspecified atom stereocenters. The van der Waals surface area contributed by atoms with Gasteiger partial charge in [0.05, 0.1) is 5.52 Å². The maximum absolute atomic E-state index is 4.17. The average molecular weight is 245 g/mol. The molecule has 0 radical (unpaired) electrons. The molecule has 4 aromatic rings. The summed E-state index contributed by atoms with van der Waals surface area (Å²) >= 11 is 0. The Bertz CT molecular complexity index is 863. The third kappa shape index (κ3) is 1.52. The molecule has 3 nitrogen and oxygen atoms in total. The second kappa shape index (κ2) is 3.92. The van der Waals surface area contributed by atoms with E-state index in [0.29, 0.717) is 0 Å². The molecular formula is C16H11N3. The average Bonchev–Trinajstić information content (AvgIpc) is 2.96. The number of fused-ring (bicyclic) bond motifs is 3. The Kier molecular flexibility index (Phi) is 2.12. The molecule has 90 valence electrons. The highest BCUT2D eigenvalue weighted by molar-refractivity contribution is 5.96. The molecule has 19 heavy (non-hydrogen) atoms. The smallest absolute Gasteiger partial charge is 0.161 e. The second-order valence-electron chi connectivity index (χ2n) is 4.50. The molecule has 3 heteroatoms. The summed E-state index contributed by atoms with van der Waals surface area (Å²) in [5.74, 6) is 0. The zero-order chi connectivity index (χ0) is 12.7. The Labute approximate surface area is 110 Å². The number of nitrogens with zero attached hydrogens (tertiary/aromatic N) is 3. The minimum Gasteiger partial charge on any atom is -0.281 e. The number of hydrogen-bond donors (Lipinski definition) is 0. The number of hydrogen-bond acceptors (Lipinski definition) is 2. The standard InChI is InChI=1S/C16H11N3/c1-2-6-12(7-3-1)14-10-16-18-17-11-19(16)15-9-5-4-8-13(14)15/h1-11H. The summed E-state index contributed by atoms with van der Waals surface area (Å²) in [6, 6.07) is 20.8. The van der Waals surface area contributed by atoms with Gasteiger partial charge in [0.1, 0.15) is 6.33 Å². The number of pyridine rings is 1. The molecule has 0 aliphatic rings. The van der Waals surface area contributed by atoms with Crippen molar-refractivity contribution in [3.63, 3.8) is 0 Å². The van der Waals surface area contributed by atoms with E-state index in [0.717, 1.165) is 11.2 Å². The van der Waals surface area contributed by atoms with Gasteiger partial charge in [0.15, 0.2) is 5.65 Å². The monoisotopic (exact) mass is 245 g/mol. The molecule has 4 rings (SSSR count). The largest absolute Gasteiger partial charge is 0.281 e. The number of aromatic nitrogens is 3. The van der Waals surface area contributed by atoms with Crippen molar-refractivity contribution >= 4 is 16.6 Å². The van der Waals surface area contributed by atoms with Gasteiger partial charge in [-0.25, -0.2) is 0 Å². The van der Waals surface area contributed by atoms with Gasteiger partial charge in [-0.15, -0.1) is 10.2 Å². The summed E-state index contributed by atoms with van der Waals surface area (Å²) in [4.78, 5) is 0. The Morgan fingerprint density at radius 2 is 1.63 bits per heavy atom. The zero-order valence-electron chi connectivity index (χ0n) is 10.2. The van der Waals surface area contributed by atoms with Crippen molar-refractivity contribution in [3.05, 3.63) is 67.0 Å². The van der Waals surface area contributed by atoms with Crippen LogP contribution < -0.4 is 0 Å². The van der Waals surface area contributed by atoms with E-state index in [1.165, 1.54) is 16.5 Å². The third-order valence-corrected chi connectivity index (χ3v) is 3.39. The van der Waals surface area contributed by atoms with Crippen LogP contribution in [0.4, 0.5) is 0 Å². The molecule has 0 amide bonds. The molecule has 0 N–H and O–H groups in total. The van der Waals surface area contributed by atoms with Crippen molar-refractivity contribution in [1.29, 1.82) is 0 Å². The van der Waals surface area contributed by atoms with Crippen LogP contribution in [0.1, 0.15) is 0 Å². The Balaban J connectivity index is 2.19. The van der Waals surface area contributed by atoms with Crippen LogP contribution in [-0.4, -0.2) is 14.6 Å². The molecule has 0 saturated heterocycles. The fourth-order valence-corrected chi connectivity index (χ4v) is 2.50. The molecule has 0 atom stereocenters. The highest BCUT2D eigenvalue weighted by Crippen LogP contribution is 2.29. The minimum atomic E-state index is 0.873. The van der Waals surface area contributed by atoms with Crippen molar-refractivity contribution < 1.29 is 0 Å². The van der Waals surface area contributed by atoms with Gasteiger partial charge in [0, 0.05) is 5.39 Å². The van der Waals surface area contributed by atoms with E-state index < -0.39 is 0 Å². The fourth-order valence-electron chi connectivity index (χ4n) is 2.50. The predicted molar refractivity (Wildman–Crippen MR) is 75.9 cm³/mol. The third-order valence-electron chi connectivity index (χ3n) is 3.39. The maximum atomic E-state index is 4.17. The first-order chi connectivity index (χ1) is 9.43. The van der Waals surface area contributed by atoms with Gasteiger partial charge < -0.3 is 0 Å². The topological polar surface area (TPSA) is 30.2 Å². The Morgan fingerprint density at radius 3 is 2.53 bits per heavy atom. The van der Waals surface area contributed by atoms with E-state index in [4.69, 9.17) is 0 Å². The molecule has 0 fully saturated rings. The van der Waals surface area contributed by atoms with Crippen molar-refractivity contribution in [1.82, 2.24) is 14.6 Å². The lowest BCUT2D eigenvalue weighted by Gasteiger charge is -2.08. The SMILES string of the molecule is c1ccc(-c2cc3nncn3c3ccccc23)cc1. The summed E-state index contributed by atoms with van der Waals surface area (Å²) in [7, 11) is 0. The maximum Gasteiger partial charge on any atom is 0.161 e. The van der Waals surface area contributed by atoms with Crippen LogP contribution in [0.5, 0.6) is 0 Å². The molecule has 0 aliphatic heterocycles. The van der Waals surface area contributed by atoms with Crippen LogP contribution in [0.2, 0.25) is 0 Å². The highest BCUT2D eigenvalue weighted by Gasteiger charge is 2.08. The van der Waals surface area contributed by atoms with Crippen LogP contribution in [0.3, 0.4) is 0 Å². The number of rotatable bonds is 1.